The van der Waals surface area contributed by atoms with Gasteiger partial charge in [-0.3, -0.25) is 4.79 Å². The van der Waals surface area contributed by atoms with Gasteiger partial charge in [-0.1, -0.05) is 48.0 Å². The molecule has 1 fully saturated rings. The fourth-order valence-electron chi connectivity index (χ4n) is 2.66. The molecule has 1 nitrogen and oxygen atoms in total. The first-order chi connectivity index (χ1) is 8.66. The fourth-order valence-corrected chi connectivity index (χ4v) is 3.02. The van der Waals surface area contributed by atoms with Gasteiger partial charge in [-0.25, -0.2) is 4.39 Å². The van der Waals surface area contributed by atoms with E-state index >= 15 is 0 Å². The molecule has 0 unspecified atom stereocenters. The third-order valence-corrected chi connectivity index (χ3v) is 4.23. The van der Waals surface area contributed by atoms with Crippen LogP contribution in [0, 0.1) is 11.7 Å². The van der Waals surface area contributed by atoms with Crippen LogP contribution in [0.2, 0.25) is 0 Å². The zero-order chi connectivity index (χ0) is 13.0. The van der Waals surface area contributed by atoms with E-state index in [4.69, 9.17) is 0 Å². The third kappa shape index (κ3) is 3.64. The minimum absolute atomic E-state index is 0.0700. The Morgan fingerprint density at radius 1 is 1.28 bits per heavy atom. The smallest absolute Gasteiger partial charge is 0.165 e. The van der Waals surface area contributed by atoms with Gasteiger partial charge in [-0.15, -0.1) is 0 Å². The second-order valence-corrected chi connectivity index (χ2v) is 6.01. The molecule has 0 bridgehead atoms. The Balaban J connectivity index is 1.92. The van der Waals surface area contributed by atoms with Crippen molar-refractivity contribution < 1.29 is 9.18 Å². The standard InChI is InChI=1S/C15H18BrFO/c16-12-7-8-14(17)13(10-12)15(18)9-6-11-4-2-1-3-5-11/h7-8,10-11H,1-6,9H2. The summed E-state index contributed by atoms with van der Waals surface area (Å²) in [6, 6.07) is 4.55. The van der Waals surface area contributed by atoms with E-state index in [1.54, 1.807) is 12.1 Å². The average molecular weight is 313 g/mol. The highest BCUT2D eigenvalue weighted by Gasteiger charge is 2.17. The number of benzene rings is 1. The van der Waals surface area contributed by atoms with Crippen LogP contribution in [-0.2, 0) is 0 Å². The number of ketones is 1. The summed E-state index contributed by atoms with van der Waals surface area (Å²) in [5, 5.41) is 0. The lowest BCUT2D eigenvalue weighted by molar-refractivity contribution is 0.0966. The Labute approximate surface area is 116 Å². The van der Waals surface area contributed by atoms with E-state index in [-0.39, 0.29) is 11.3 Å². The minimum atomic E-state index is -0.410. The molecule has 0 aromatic heterocycles. The summed E-state index contributed by atoms with van der Waals surface area (Å²) in [7, 11) is 0. The van der Waals surface area contributed by atoms with Gasteiger partial charge in [0.15, 0.2) is 5.78 Å². The SMILES string of the molecule is O=C(CCC1CCCCC1)c1cc(Br)ccc1F. The summed E-state index contributed by atoms with van der Waals surface area (Å²) in [5.41, 5.74) is 0.222. The van der Waals surface area contributed by atoms with Gasteiger partial charge in [0.1, 0.15) is 5.82 Å². The first-order valence-electron chi connectivity index (χ1n) is 6.65. The molecule has 0 spiro atoms. The molecule has 0 N–H and O–H groups in total. The van der Waals surface area contributed by atoms with Gasteiger partial charge in [0.25, 0.3) is 0 Å². The van der Waals surface area contributed by atoms with E-state index in [0.29, 0.717) is 12.3 Å². The molecule has 0 heterocycles. The summed E-state index contributed by atoms with van der Waals surface area (Å²) >= 11 is 3.27. The first kappa shape index (κ1) is 13.7. The predicted octanol–water partition coefficient (Wildman–Crippen LogP) is 5.13. The molecular weight excluding hydrogens is 295 g/mol. The fraction of sp³-hybridized carbons (Fsp3) is 0.533. The summed E-state index contributed by atoms with van der Waals surface area (Å²) < 4.78 is 14.3. The van der Waals surface area contributed by atoms with E-state index < -0.39 is 5.82 Å². The van der Waals surface area contributed by atoms with Crippen LogP contribution >= 0.6 is 15.9 Å². The molecular formula is C15H18BrFO. The molecule has 2 rings (SSSR count). The number of hydrogen-bond donors (Lipinski definition) is 0. The van der Waals surface area contributed by atoms with Crippen LogP contribution in [0.3, 0.4) is 0 Å². The molecule has 1 aliphatic carbocycles. The maximum Gasteiger partial charge on any atom is 0.165 e. The molecule has 1 aliphatic rings. The zero-order valence-corrected chi connectivity index (χ0v) is 12.0. The Morgan fingerprint density at radius 2 is 2.00 bits per heavy atom. The Kier molecular flexibility index (Phi) is 4.93. The van der Waals surface area contributed by atoms with Crippen LogP contribution in [0.15, 0.2) is 22.7 Å². The lowest BCUT2D eigenvalue weighted by atomic mass is 9.85. The van der Waals surface area contributed by atoms with Gasteiger partial charge < -0.3 is 0 Å². The molecule has 3 heteroatoms. The van der Waals surface area contributed by atoms with Crippen LogP contribution in [0.5, 0.6) is 0 Å². The molecule has 0 saturated heterocycles. The number of Topliss-reactive ketones (excluding diaryl/α,β-unsaturated/α-hetero) is 1. The molecule has 98 valence electrons. The molecule has 0 amide bonds. The van der Waals surface area contributed by atoms with Crippen molar-refractivity contribution in [2.24, 2.45) is 5.92 Å². The lowest BCUT2D eigenvalue weighted by Gasteiger charge is -2.20. The Hall–Kier alpha value is -0.700. The van der Waals surface area contributed by atoms with Crippen molar-refractivity contribution >= 4 is 21.7 Å². The molecule has 1 aromatic rings. The maximum atomic E-state index is 13.5. The largest absolute Gasteiger partial charge is 0.294 e. The highest BCUT2D eigenvalue weighted by molar-refractivity contribution is 9.10. The molecule has 18 heavy (non-hydrogen) atoms. The Morgan fingerprint density at radius 3 is 2.72 bits per heavy atom. The topological polar surface area (TPSA) is 17.1 Å². The van der Waals surface area contributed by atoms with Crippen molar-refractivity contribution in [1.29, 1.82) is 0 Å². The summed E-state index contributed by atoms with van der Waals surface area (Å²) in [4.78, 5) is 12.0. The van der Waals surface area contributed by atoms with Crippen LogP contribution in [0.4, 0.5) is 4.39 Å². The van der Waals surface area contributed by atoms with Crippen molar-refractivity contribution in [2.45, 2.75) is 44.9 Å². The quantitative estimate of drug-likeness (QED) is 0.704. The van der Waals surface area contributed by atoms with Crippen LogP contribution in [-0.4, -0.2) is 5.78 Å². The van der Waals surface area contributed by atoms with Crippen LogP contribution < -0.4 is 0 Å². The number of carbonyl (C=O) groups excluding carboxylic acids is 1. The van der Waals surface area contributed by atoms with Crippen molar-refractivity contribution in [3.8, 4) is 0 Å². The summed E-state index contributed by atoms with van der Waals surface area (Å²) in [5.74, 6) is 0.184. The average Bonchev–Trinajstić information content (AvgIpc) is 2.40. The number of hydrogen-bond acceptors (Lipinski definition) is 1. The highest BCUT2D eigenvalue weighted by atomic mass is 79.9. The molecule has 0 radical (unpaired) electrons. The molecule has 0 atom stereocenters. The number of halogens is 2. The molecule has 1 aromatic carbocycles. The second kappa shape index (κ2) is 6.46. The van der Waals surface area contributed by atoms with Crippen molar-refractivity contribution in [1.82, 2.24) is 0 Å². The number of carbonyl (C=O) groups is 1. The number of rotatable bonds is 4. The van der Waals surface area contributed by atoms with E-state index in [9.17, 15) is 9.18 Å². The lowest BCUT2D eigenvalue weighted by Crippen LogP contribution is -2.10. The van der Waals surface area contributed by atoms with Crippen molar-refractivity contribution in [3.05, 3.63) is 34.1 Å². The highest BCUT2D eigenvalue weighted by Crippen LogP contribution is 2.28. The van der Waals surface area contributed by atoms with Gasteiger partial charge in [0, 0.05) is 10.9 Å². The normalized spacial score (nSPS) is 16.8. The van der Waals surface area contributed by atoms with E-state index in [1.807, 2.05) is 0 Å². The Bertz CT molecular complexity index is 425. The molecule has 0 aliphatic heterocycles. The van der Waals surface area contributed by atoms with Gasteiger partial charge in [-0.05, 0) is 30.5 Å². The summed E-state index contributed by atoms with van der Waals surface area (Å²) in [6.07, 6.45) is 7.73. The van der Waals surface area contributed by atoms with Gasteiger partial charge in [0.05, 0.1) is 5.56 Å². The van der Waals surface area contributed by atoms with Gasteiger partial charge >= 0.3 is 0 Å². The predicted molar refractivity (Wildman–Crippen MR) is 74.2 cm³/mol. The monoisotopic (exact) mass is 312 g/mol. The maximum absolute atomic E-state index is 13.5. The summed E-state index contributed by atoms with van der Waals surface area (Å²) in [6.45, 7) is 0. The molecule has 1 saturated carbocycles. The van der Waals surface area contributed by atoms with Crippen molar-refractivity contribution in [2.75, 3.05) is 0 Å². The minimum Gasteiger partial charge on any atom is -0.294 e. The van der Waals surface area contributed by atoms with E-state index in [0.717, 1.165) is 10.9 Å². The van der Waals surface area contributed by atoms with Gasteiger partial charge in [-0.2, -0.15) is 0 Å². The van der Waals surface area contributed by atoms with Crippen LogP contribution in [0.1, 0.15) is 55.3 Å². The van der Waals surface area contributed by atoms with E-state index in [1.165, 1.54) is 38.2 Å². The van der Waals surface area contributed by atoms with Crippen LogP contribution in [0.25, 0.3) is 0 Å². The van der Waals surface area contributed by atoms with E-state index in [2.05, 4.69) is 15.9 Å². The van der Waals surface area contributed by atoms with Crippen molar-refractivity contribution in [3.63, 3.8) is 0 Å². The zero-order valence-electron chi connectivity index (χ0n) is 10.4. The van der Waals surface area contributed by atoms with Gasteiger partial charge in [0.2, 0.25) is 0 Å². The first-order valence-corrected chi connectivity index (χ1v) is 7.44. The third-order valence-electron chi connectivity index (χ3n) is 3.73. The second-order valence-electron chi connectivity index (χ2n) is 5.09.